The quantitative estimate of drug-likeness (QED) is 0.356. The van der Waals surface area contributed by atoms with Crippen LogP contribution in [-0.4, -0.2) is 11.7 Å². The lowest BCUT2D eigenvalue weighted by Gasteiger charge is -1.84. The summed E-state index contributed by atoms with van der Waals surface area (Å²) in [5.41, 5.74) is 0. The van der Waals surface area contributed by atoms with Gasteiger partial charge in [-0.1, -0.05) is 6.08 Å². The molecule has 0 aromatic carbocycles. The number of aliphatic hydroxyl groups excluding tert-OH is 1. The molecule has 0 atom stereocenters. The van der Waals surface area contributed by atoms with Crippen molar-refractivity contribution >= 4 is 0 Å². The van der Waals surface area contributed by atoms with E-state index in [0.717, 1.165) is 19.3 Å². The van der Waals surface area contributed by atoms with Crippen molar-refractivity contribution in [3.63, 3.8) is 0 Å². The van der Waals surface area contributed by atoms with Crippen LogP contribution < -0.4 is 0 Å². The van der Waals surface area contributed by atoms with E-state index in [1.54, 1.807) is 0 Å². The largest absolute Gasteiger partial charge is 0.395 e. The number of rotatable bonds is 4. The van der Waals surface area contributed by atoms with Crippen LogP contribution in [-0.2, 0) is 0 Å². The van der Waals surface area contributed by atoms with E-state index in [1.165, 1.54) is 0 Å². The monoisotopic (exact) mass is 138 g/mol. The van der Waals surface area contributed by atoms with E-state index in [9.17, 15) is 0 Å². The molecule has 1 nitrogen and oxygen atoms in total. The first-order chi connectivity index (χ1) is 4.91. The lowest BCUT2D eigenvalue weighted by molar-refractivity contribution is 0.305. The summed E-state index contributed by atoms with van der Waals surface area (Å²) in [6.07, 6.45) is 5.55. The Bertz CT molecular complexity index is 127. The highest BCUT2D eigenvalue weighted by molar-refractivity contribution is 4.98. The molecule has 1 heteroatoms. The minimum absolute atomic E-state index is 0.175. The van der Waals surface area contributed by atoms with Crippen LogP contribution >= 0.6 is 0 Å². The highest BCUT2D eigenvalue weighted by atomic mass is 16.2. The van der Waals surface area contributed by atoms with Crippen molar-refractivity contribution in [2.75, 3.05) is 6.61 Å². The van der Waals surface area contributed by atoms with Gasteiger partial charge in [-0.2, -0.15) is 0 Å². The minimum atomic E-state index is 0.175. The van der Waals surface area contributed by atoms with Crippen molar-refractivity contribution in [2.24, 2.45) is 0 Å². The SMILES string of the molecule is C=CCCCC#CCCO. The Hall–Kier alpha value is -0.740. The fourth-order valence-electron chi connectivity index (χ4n) is 0.567. The van der Waals surface area contributed by atoms with Crippen LogP contribution in [0.4, 0.5) is 0 Å². The fourth-order valence-corrected chi connectivity index (χ4v) is 0.567. The number of unbranched alkanes of at least 4 members (excludes halogenated alkanes) is 2. The van der Waals surface area contributed by atoms with Crippen molar-refractivity contribution < 1.29 is 5.11 Å². The maximum absolute atomic E-state index is 8.35. The van der Waals surface area contributed by atoms with E-state index in [4.69, 9.17) is 5.11 Å². The molecule has 0 saturated heterocycles. The Labute approximate surface area is 62.8 Å². The van der Waals surface area contributed by atoms with Gasteiger partial charge in [-0.15, -0.1) is 18.4 Å². The van der Waals surface area contributed by atoms with Gasteiger partial charge in [-0.25, -0.2) is 0 Å². The molecule has 0 aromatic heterocycles. The van der Waals surface area contributed by atoms with Crippen LogP contribution in [0.25, 0.3) is 0 Å². The first-order valence-corrected chi connectivity index (χ1v) is 3.59. The Morgan fingerprint density at radius 2 is 2.00 bits per heavy atom. The minimum Gasteiger partial charge on any atom is -0.395 e. The van der Waals surface area contributed by atoms with E-state index in [2.05, 4.69) is 18.4 Å². The van der Waals surface area contributed by atoms with E-state index in [0.29, 0.717) is 6.42 Å². The molecule has 0 saturated carbocycles. The summed E-state index contributed by atoms with van der Waals surface area (Å²) in [5.74, 6) is 5.82. The number of aliphatic hydroxyl groups is 1. The normalized spacial score (nSPS) is 8.10. The lowest BCUT2D eigenvalue weighted by atomic mass is 10.2. The second-order valence-electron chi connectivity index (χ2n) is 2.01. The van der Waals surface area contributed by atoms with Gasteiger partial charge in [-0.3, -0.25) is 0 Å². The first kappa shape index (κ1) is 9.26. The summed E-state index contributed by atoms with van der Waals surface area (Å²) in [6, 6.07) is 0. The molecule has 10 heavy (non-hydrogen) atoms. The molecule has 0 aliphatic carbocycles. The average Bonchev–Trinajstić information content (AvgIpc) is 1.97. The van der Waals surface area contributed by atoms with Gasteiger partial charge in [0.25, 0.3) is 0 Å². The number of hydrogen-bond donors (Lipinski definition) is 1. The van der Waals surface area contributed by atoms with Gasteiger partial charge in [0.15, 0.2) is 0 Å². The molecule has 1 N–H and O–H groups in total. The second-order valence-corrected chi connectivity index (χ2v) is 2.01. The molecule has 0 unspecified atom stereocenters. The molecule has 0 amide bonds. The molecule has 0 aliphatic heterocycles. The summed E-state index contributed by atoms with van der Waals surface area (Å²) >= 11 is 0. The zero-order valence-electron chi connectivity index (χ0n) is 6.27. The van der Waals surface area contributed by atoms with E-state index in [1.807, 2.05) is 6.08 Å². The van der Waals surface area contributed by atoms with Crippen molar-refractivity contribution in [2.45, 2.75) is 25.7 Å². The van der Waals surface area contributed by atoms with Gasteiger partial charge in [0, 0.05) is 12.8 Å². The predicted molar refractivity (Wildman–Crippen MR) is 43.5 cm³/mol. The van der Waals surface area contributed by atoms with Gasteiger partial charge >= 0.3 is 0 Å². The van der Waals surface area contributed by atoms with Crippen LogP contribution in [0.3, 0.4) is 0 Å². The standard InChI is InChI=1S/C9H14O/c1-2-3-4-5-6-7-8-9-10/h2,10H,1,3-5,8-9H2. The molecule has 0 radical (unpaired) electrons. The van der Waals surface area contributed by atoms with Crippen LogP contribution in [0.2, 0.25) is 0 Å². The summed E-state index contributed by atoms with van der Waals surface area (Å²) < 4.78 is 0. The molecular formula is C9H14O. The molecule has 0 aromatic rings. The van der Waals surface area contributed by atoms with Crippen molar-refractivity contribution in [1.82, 2.24) is 0 Å². The Kier molecular flexibility index (Phi) is 7.65. The molecule has 0 rings (SSSR count). The van der Waals surface area contributed by atoms with Gasteiger partial charge in [0.1, 0.15) is 0 Å². The third kappa shape index (κ3) is 7.26. The Morgan fingerprint density at radius 3 is 2.60 bits per heavy atom. The Morgan fingerprint density at radius 1 is 1.30 bits per heavy atom. The smallest absolute Gasteiger partial charge is 0.0540 e. The predicted octanol–water partition coefficient (Wildman–Crippen LogP) is 1.73. The van der Waals surface area contributed by atoms with Gasteiger partial charge in [-0.05, 0) is 12.8 Å². The van der Waals surface area contributed by atoms with E-state index < -0.39 is 0 Å². The first-order valence-electron chi connectivity index (χ1n) is 3.59. The summed E-state index contributed by atoms with van der Waals surface area (Å²) in [6.45, 7) is 3.78. The Balaban J connectivity index is 3.03. The fraction of sp³-hybridized carbons (Fsp3) is 0.556. The molecule has 0 aliphatic rings. The number of allylic oxidation sites excluding steroid dienone is 1. The van der Waals surface area contributed by atoms with Gasteiger partial charge in [0.05, 0.1) is 6.61 Å². The summed E-state index contributed by atoms with van der Waals surface area (Å²) in [5, 5.41) is 8.35. The van der Waals surface area contributed by atoms with Gasteiger partial charge < -0.3 is 5.11 Å². The zero-order chi connectivity index (χ0) is 7.66. The molecule has 0 fully saturated rings. The summed E-state index contributed by atoms with van der Waals surface area (Å²) in [4.78, 5) is 0. The molecule has 0 heterocycles. The topological polar surface area (TPSA) is 20.2 Å². The van der Waals surface area contributed by atoms with Crippen LogP contribution in [0.15, 0.2) is 12.7 Å². The molecule has 0 spiro atoms. The van der Waals surface area contributed by atoms with Crippen LogP contribution in [0.1, 0.15) is 25.7 Å². The maximum atomic E-state index is 8.35. The molecule has 0 bridgehead atoms. The number of hydrogen-bond acceptors (Lipinski definition) is 1. The highest BCUT2D eigenvalue weighted by Gasteiger charge is 1.77. The molecule has 56 valence electrons. The van der Waals surface area contributed by atoms with E-state index in [-0.39, 0.29) is 6.61 Å². The van der Waals surface area contributed by atoms with Gasteiger partial charge in [0.2, 0.25) is 0 Å². The third-order valence-corrected chi connectivity index (χ3v) is 1.07. The second kappa shape index (κ2) is 8.26. The van der Waals surface area contributed by atoms with Crippen molar-refractivity contribution in [1.29, 1.82) is 0 Å². The van der Waals surface area contributed by atoms with Crippen LogP contribution in [0, 0.1) is 11.8 Å². The van der Waals surface area contributed by atoms with E-state index >= 15 is 0 Å². The average molecular weight is 138 g/mol. The van der Waals surface area contributed by atoms with Crippen LogP contribution in [0.5, 0.6) is 0 Å². The molecular weight excluding hydrogens is 124 g/mol. The maximum Gasteiger partial charge on any atom is 0.0540 e. The zero-order valence-corrected chi connectivity index (χ0v) is 6.27. The van der Waals surface area contributed by atoms with Crippen molar-refractivity contribution in [3.8, 4) is 11.8 Å². The third-order valence-electron chi connectivity index (χ3n) is 1.07. The van der Waals surface area contributed by atoms with Crippen molar-refractivity contribution in [3.05, 3.63) is 12.7 Å². The lowest BCUT2D eigenvalue weighted by Crippen LogP contribution is -1.76. The highest BCUT2D eigenvalue weighted by Crippen LogP contribution is 1.92. The summed E-state index contributed by atoms with van der Waals surface area (Å²) in [7, 11) is 0.